The monoisotopic (exact) mass is 393 g/mol. The van der Waals surface area contributed by atoms with Crippen molar-refractivity contribution in [3.8, 4) is 10.6 Å². The second-order valence-corrected chi connectivity index (χ2v) is 10.1. The Labute approximate surface area is 158 Å². The van der Waals surface area contributed by atoms with E-state index in [0.717, 1.165) is 31.2 Å². The summed E-state index contributed by atoms with van der Waals surface area (Å²) in [7, 11) is -3.57. The molecule has 0 unspecified atom stereocenters. The van der Waals surface area contributed by atoms with E-state index in [2.05, 4.69) is 22.4 Å². The molecule has 3 rings (SSSR count). The van der Waals surface area contributed by atoms with Crippen molar-refractivity contribution in [2.75, 3.05) is 5.75 Å². The molecule has 0 radical (unpaired) electrons. The molecular weight excluding hydrogens is 370 g/mol. The fourth-order valence-corrected chi connectivity index (χ4v) is 5.56. The zero-order valence-electron chi connectivity index (χ0n) is 14.7. The molecule has 0 bridgehead atoms. The first kappa shape index (κ1) is 19.0. The first-order valence-electron chi connectivity index (χ1n) is 8.79. The molecule has 1 aromatic carbocycles. The third-order valence-corrected chi connectivity index (χ3v) is 7.13. The topological polar surface area (TPSA) is 89.0 Å². The number of hydrogen-bond acceptors (Lipinski definition) is 6. The number of aromatic nitrogens is 2. The smallest absolute Gasteiger partial charge is 0.235 e. The molecule has 0 saturated heterocycles. The average Bonchev–Trinajstić information content (AvgIpc) is 3.05. The summed E-state index contributed by atoms with van der Waals surface area (Å²) < 4.78 is 24.7. The van der Waals surface area contributed by atoms with Gasteiger partial charge in [0.2, 0.25) is 5.91 Å². The van der Waals surface area contributed by atoms with Gasteiger partial charge in [-0.3, -0.25) is 4.79 Å². The summed E-state index contributed by atoms with van der Waals surface area (Å²) in [5, 5.41) is 12.0. The number of rotatable bonds is 6. The Morgan fingerprint density at radius 1 is 1.15 bits per heavy atom. The Morgan fingerprint density at radius 3 is 2.54 bits per heavy atom. The van der Waals surface area contributed by atoms with E-state index in [1.807, 2.05) is 30.3 Å². The van der Waals surface area contributed by atoms with Gasteiger partial charge in [0.15, 0.2) is 9.84 Å². The highest BCUT2D eigenvalue weighted by Gasteiger charge is 2.24. The summed E-state index contributed by atoms with van der Waals surface area (Å²) in [5.41, 5.74) is 0.901. The molecule has 1 aromatic heterocycles. The van der Waals surface area contributed by atoms with E-state index in [1.165, 1.54) is 11.3 Å². The van der Waals surface area contributed by atoms with Crippen LogP contribution in [0.4, 0.5) is 0 Å². The van der Waals surface area contributed by atoms with Gasteiger partial charge < -0.3 is 5.32 Å². The Morgan fingerprint density at radius 2 is 1.85 bits per heavy atom. The van der Waals surface area contributed by atoms with Gasteiger partial charge in [-0.2, -0.15) is 0 Å². The van der Waals surface area contributed by atoms with Crippen LogP contribution in [0.5, 0.6) is 0 Å². The van der Waals surface area contributed by atoms with Crippen molar-refractivity contribution in [3.63, 3.8) is 0 Å². The number of nitrogens with one attached hydrogen (secondary N) is 1. The first-order chi connectivity index (χ1) is 12.4. The molecule has 1 N–H and O–H groups in total. The maximum Gasteiger partial charge on any atom is 0.235 e. The fraction of sp³-hybridized carbons (Fsp3) is 0.500. The van der Waals surface area contributed by atoms with E-state index in [4.69, 9.17) is 0 Å². The highest BCUT2D eigenvalue weighted by Crippen LogP contribution is 2.25. The number of nitrogens with zero attached hydrogens (tertiary/aromatic N) is 2. The summed E-state index contributed by atoms with van der Waals surface area (Å²) in [6.07, 6.45) is 3.99. The predicted octanol–water partition coefficient (Wildman–Crippen LogP) is 2.81. The van der Waals surface area contributed by atoms with Crippen LogP contribution in [0.25, 0.3) is 10.6 Å². The Kier molecular flexibility index (Phi) is 6.03. The molecule has 0 aliphatic heterocycles. The lowest BCUT2D eigenvalue weighted by molar-refractivity contribution is -0.119. The van der Waals surface area contributed by atoms with Gasteiger partial charge in [-0.1, -0.05) is 48.6 Å². The van der Waals surface area contributed by atoms with Crippen LogP contribution in [-0.2, 0) is 20.4 Å². The van der Waals surface area contributed by atoms with Gasteiger partial charge in [-0.25, -0.2) is 8.42 Å². The molecule has 1 aliphatic carbocycles. The lowest BCUT2D eigenvalue weighted by Crippen LogP contribution is -2.40. The van der Waals surface area contributed by atoms with Crippen molar-refractivity contribution in [1.82, 2.24) is 15.5 Å². The van der Waals surface area contributed by atoms with Crippen molar-refractivity contribution < 1.29 is 13.2 Å². The van der Waals surface area contributed by atoms with Crippen LogP contribution < -0.4 is 5.32 Å². The maximum absolute atomic E-state index is 12.3. The van der Waals surface area contributed by atoms with Crippen molar-refractivity contribution in [2.24, 2.45) is 5.92 Å². The minimum atomic E-state index is -3.57. The van der Waals surface area contributed by atoms with Crippen LogP contribution in [0.15, 0.2) is 30.3 Å². The molecule has 1 saturated carbocycles. The summed E-state index contributed by atoms with van der Waals surface area (Å²) >= 11 is 1.24. The van der Waals surface area contributed by atoms with E-state index in [1.54, 1.807) is 0 Å². The molecule has 6 nitrogen and oxygen atoms in total. The molecule has 1 heterocycles. The summed E-state index contributed by atoms with van der Waals surface area (Å²) in [5.74, 6) is -0.494. The molecule has 26 heavy (non-hydrogen) atoms. The van der Waals surface area contributed by atoms with Crippen LogP contribution in [0.2, 0.25) is 0 Å². The average molecular weight is 394 g/mol. The van der Waals surface area contributed by atoms with E-state index in [9.17, 15) is 13.2 Å². The Hall–Kier alpha value is -1.80. The SMILES string of the molecule is CC1CCC(NC(=O)CS(=O)(=O)Cc2nnc(-c3ccccc3)s2)CC1. The lowest BCUT2D eigenvalue weighted by Gasteiger charge is -2.26. The third-order valence-electron chi connectivity index (χ3n) is 4.56. The minimum absolute atomic E-state index is 0.0973. The second kappa shape index (κ2) is 8.26. The molecule has 0 atom stereocenters. The van der Waals surface area contributed by atoms with Gasteiger partial charge >= 0.3 is 0 Å². The summed E-state index contributed by atoms with van der Waals surface area (Å²) in [6.45, 7) is 2.20. The normalized spacial score (nSPS) is 20.7. The van der Waals surface area contributed by atoms with E-state index < -0.39 is 21.5 Å². The highest BCUT2D eigenvalue weighted by atomic mass is 32.2. The maximum atomic E-state index is 12.3. The number of hydrogen-bond donors (Lipinski definition) is 1. The molecule has 1 aliphatic rings. The van der Waals surface area contributed by atoms with E-state index in [0.29, 0.717) is 15.9 Å². The van der Waals surface area contributed by atoms with Gasteiger partial charge in [-0.15, -0.1) is 10.2 Å². The van der Waals surface area contributed by atoms with Gasteiger partial charge in [-0.05, 0) is 31.6 Å². The second-order valence-electron chi connectivity index (χ2n) is 6.92. The van der Waals surface area contributed by atoms with Gasteiger partial charge in [0, 0.05) is 11.6 Å². The number of amides is 1. The molecule has 2 aromatic rings. The van der Waals surface area contributed by atoms with Gasteiger partial charge in [0.1, 0.15) is 21.5 Å². The molecule has 1 fully saturated rings. The summed E-state index contributed by atoms with van der Waals surface area (Å²) in [6, 6.07) is 9.59. The zero-order chi connectivity index (χ0) is 18.6. The van der Waals surface area contributed by atoms with Crippen molar-refractivity contribution >= 4 is 27.1 Å². The number of benzene rings is 1. The molecule has 1 amide bonds. The lowest BCUT2D eigenvalue weighted by atomic mass is 9.87. The van der Waals surface area contributed by atoms with Gasteiger partial charge in [0.05, 0.1) is 0 Å². The predicted molar refractivity (Wildman–Crippen MR) is 102 cm³/mol. The zero-order valence-corrected chi connectivity index (χ0v) is 16.4. The highest BCUT2D eigenvalue weighted by molar-refractivity contribution is 7.91. The quantitative estimate of drug-likeness (QED) is 0.815. The van der Waals surface area contributed by atoms with Crippen molar-refractivity contribution in [3.05, 3.63) is 35.3 Å². The first-order valence-corrected chi connectivity index (χ1v) is 11.4. The molecular formula is C18H23N3O3S2. The van der Waals surface area contributed by atoms with Crippen LogP contribution in [-0.4, -0.2) is 36.3 Å². The number of sulfone groups is 1. The van der Waals surface area contributed by atoms with Crippen LogP contribution in [0.1, 0.15) is 37.6 Å². The van der Waals surface area contributed by atoms with Crippen LogP contribution in [0.3, 0.4) is 0 Å². The third kappa shape index (κ3) is 5.35. The standard InChI is InChI=1S/C18H23N3O3S2/c1-13-7-9-15(10-8-13)19-16(22)11-26(23,24)12-17-20-21-18(25-17)14-5-3-2-4-6-14/h2-6,13,15H,7-12H2,1H3,(H,19,22). The largest absolute Gasteiger partial charge is 0.352 e. The van der Waals surface area contributed by atoms with Crippen molar-refractivity contribution in [1.29, 1.82) is 0 Å². The van der Waals surface area contributed by atoms with Crippen molar-refractivity contribution in [2.45, 2.75) is 44.4 Å². The van der Waals surface area contributed by atoms with E-state index >= 15 is 0 Å². The Bertz CT molecular complexity index is 842. The number of carbonyl (C=O) groups excluding carboxylic acids is 1. The van der Waals surface area contributed by atoms with Gasteiger partial charge in [0.25, 0.3) is 0 Å². The van der Waals surface area contributed by atoms with Crippen LogP contribution >= 0.6 is 11.3 Å². The summed E-state index contributed by atoms with van der Waals surface area (Å²) in [4.78, 5) is 12.1. The van der Waals surface area contributed by atoms with Crippen LogP contribution in [0, 0.1) is 5.92 Å². The minimum Gasteiger partial charge on any atom is -0.352 e. The molecule has 8 heteroatoms. The fourth-order valence-electron chi connectivity index (χ4n) is 3.12. The number of carbonyl (C=O) groups is 1. The molecule has 140 valence electrons. The van der Waals surface area contributed by atoms with E-state index in [-0.39, 0.29) is 11.8 Å². The Balaban J connectivity index is 1.55. The molecule has 0 spiro atoms.